The lowest BCUT2D eigenvalue weighted by Gasteiger charge is -2.33. The van der Waals surface area contributed by atoms with E-state index in [2.05, 4.69) is 26.5 Å². The molecule has 4 aromatic heterocycles. The Balaban J connectivity index is 0.00000153. The maximum atomic E-state index is 9.58. The van der Waals surface area contributed by atoms with E-state index in [1.807, 2.05) is 44.8 Å². The standard InChI is InChI=1S/C22H23N9.2ClH/c1-24-18-4-3-7-30(13-18)20-6-5-15(9-25-20)21-22-16(8-23)10-27-31(22)14-19(28-21)17-11-26-29(2)12-17;;/h5-6,9-12,14,18,24H,3-4,7,13H2,1-2H3;2*1H/t18-;;/m0../s1. The number of nitriles is 1. The monoisotopic (exact) mass is 485 g/mol. The number of hydrogen-bond donors (Lipinski definition) is 1. The van der Waals surface area contributed by atoms with Crippen molar-refractivity contribution in [1.29, 1.82) is 5.26 Å². The average Bonchev–Trinajstić information content (AvgIpc) is 3.44. The SMILES string of the molecule is CN[C@H]1CCCN(c2ccc(-c3nc(-c4cnn(C)c4)cn4ncc(C#N)c34)cn2)C1.Cl.Cl. The maximum absolute atomic E-state index is 9.58. The van der Waals surface area contributed by atoms with E-state index in [9.17, 15) is 5.26 Å². The molecular formula is C22H25Cl2N9. The fourth-order valence-electron chi connectivity index (χ4n) is 4.12. The van der Waals surface area contributed by atoms with Crippen molar-refractivity contribution in [2.75, 3.05) is 25.0 Å². The fourth-order valence-corrected chi connectivity index (χ4v) is 4.12. The topological polar surface area (TPSA) is 100.0 Å². The normalized spacial score (nSPS) is 15.5. The molecule has 0 aromatic carbocycles. The molecule has 1 saturated heterocycles. The van der Waals surface area contributed by atoms with Crippen molar-refractivity contribution < 1.29 is 0 Å². The minimum Gasteiger partial charge on any atom is -0.355 e. The van der Waals surface area contributed by atoms with Gasteiger partial charge in [-0.3, -0.25) is 4.68 Å². The molecule has 1 aliphatic heterocycles. The van der Waals surface area contributed by atoms with Crippen LogP contribution >= 0.6 is 24.8 Å². The van der Waals surface area contributed by atoms with Crippen LogP contribution < -0.4 is 10.2 Å². The molecule has 1 atom stereocenters. The van der Waals surface area contributed by atoms with Crippen molar-refractivity contribution in [2.24, 2.45) is 7.05 Å². The highest BCUT2D eigenvalue weighted by Crippen LogP contribution is 2.29. The Morgan fingerprint density at radius 2 is 1.94 bits per heavy atom. The number of nitrogens with one attached hydrogen (secondary N) is 1. The number of aromatic nitrogens is 6. The van der Waals surface area contributed by atoms with Gasteiger partial charge in [-0.2, -0.15) is 15.5 Å². The number of anilines is 1. The van der Waals surface area contributed by atoms with Crippen LogP contribution in [0.3, 0.4) is 0 Å². The highest BCUT2D eigenvalue weighted by Gasteiger charge is 2.20. The smallest absolute Gasteiger partial charge is 0.128 e. The molecule has 1 N–H and O–H groups in total. The van der Waals surface area contributed by atoms with Crippen molar-refractivity contribution in [3.05, 3.63) is 48.7 Å². The van der Waals surface area contributed by atoms with Gasteiger partial charge in [-0.1, -0.05) is 0 Å². The Kier molecular flexibility index (Phi) is 7.53. The van der Waals surface area contributed by atoms with Gasteiger partial charge >= 0.3 is 0 Å². The zero-order valence-corrected chi connectivity index (χ0v) is 20.0. The number of aryl methyl sites for hydroxylation is 1. The molecular weight excluding hydrogens is 461 g/mol. The van der Waals surface area contributed by atoms with Crippen LogP contribution in [0.4, 0.5) is 5.82 Å². The van der Waals surface area contributed by atoms with Crippen molar-refractivity contribution >= 4 is 36.1 Å². The fraction of sp³-hybridized carbons (Fsp3) is 0.318. The van der Waals surface area contributed by atoms with Gasteiger partial charge in [0.25, 0.3) is 0 Å². The molecule has 172 valence electrons. The molecule has 0 bridgehead atoms. The molecule has 1 aliphatic rings. The zero-order valence-electron chi connectivity index (χ0n) is 18.3. The summed E-state index contributed by atoms with van der Waals surface area (Å²) in [6.45, 7) is 1.95. The number of rotatable bonds is 4. The molecule has 0 aliphatic carbocycles. The van der Waals surface area contributed by atoms with Crippen molar-refractivity contribution in [2.45, 2.75) is 18.9 Å². The van der Waals surface area contributed by atoms with Gasteiger partial charge in [0, 0.05) is 49.7 Å². The molecule has 0 saturated carbocycles. The Hall–Kier alpha value is -3.19. The first-order valence-electron chi connectivity index (χ1n) is 10.3. The third-order valence-corrected chi connectivity index (χ3v) is 5.79. The highest BCUT2D eigenvalue weighted by molar-refractivity contribution is 5.85. The van der Waals surface area contributed by atoms with Crippen LogP contribution in [0.15, 0.2) is 43.1 Å². The summed E-state index contributed by atoms with van der Waals surface area (Å²) in [5, 5.41) is 21.6. The van der Waals surface area contributed by atoms with Gasteiger partial charge in [-0.05, 0) is 32.0 Å². The predicted octanol–water partition coefficient (Wildman–Crippen LogP) is 3.10. The van der Waals surface area contributed by atoms with Crippen LogP contribution in [0.2, 0.25) is 0 Å². The minimum atomic E-state index is 0. The molecule has 9 nitrogen and oxygen atoms in total. The summed E-state index contributed by atoms with van der Waals surface area (Å²) in [5.74, 6) is 0.956. The molecule has 0 spiro atoms. The Morgan fingerprint density at radius 3 is 2.61 bits per heavy atom. The Morgan fingerprint density at radius 1 is 1.09 bits per heavy atom. The number of halogens is 2. The summed E-state index contributed by atoms with van der Waals surface area (Å²) in [4.78, 5) is 11.9. The largest absolute Gasteiger partial charge is 0.355 e. The number of piperidine rings is 1. The number of nitrogens with zero attached hydrogens (tertiary/aromatic N) is 8. The molecule has 11 heteroatoms. The van der Waals surface area contributed by atoms with Crippen molar-refractivity contribution in [1.82, 2.24) is 34.7 Å². The van der Waals surface area contributed by atoms with E-state index in [-0.39, 0.29) is 24.8 Å². The molecule has 33 heavy (non-hydrogen) atoms. The van der Waals surface area contributed by atoms with Crippen LogP contribution in [0.1, 0.15) is 18.4 Å². The first-order valence-corrected chi connectivity index (χ1v) is 10.3. The molecule has 4 aromatic rings. The van der Waals surface area contributed by atoms with E-state index in [1.54, 1.807) is 21.6 Å². The van der Waals surface area contributed by atoms with Crippen LogP contribution in [0.25, 0.3) is 28.0 Å². The second kappa shape index (κ2) is 10.2. The lowest BCUT2D eigenvalue weighted by Crippen LogP contribution is -2.44. The quantitative estimate of drug-likeness (QED) is 0.473. The van der Waals surface area contributed by atoms with E-state index >= 15 is 0 Å². The molecule has 5 rings (SSSR count). The van der Waals surface area contributed by atoms with Gasteiger partial charge < -0.3 is 10.2 Å². The number of fused-ring (bicyclic) bond motifs is 1. The van der Waals surface area contributed by atoms with Crippen molar-refractivity contribution in [3.63, 3.8) is 0 Å². The van der Waals surface area contributed by atoms with Crippen LogP contribution in [0, 0.1) is 11.3 Å². The summed E-state index contributed by atoms with van der Waals surface area (Å²) >= 11 is 0. The third-order valence-electron chi connectivity index (χ3n) is 5.79. The third kappa shape index (κ3) is 4.64. The van der Waals surface area contributed by atoms with Crippen molar-refractivity contribution in [3.8, 4) is 28.6 Å². The maximum Gasteiger partial charge on any atom is 0.128 e. The average molecular weight is 486 g/mol. The number of hydrogen-bond acceptors (Lipinski definition) is 7. The van der Waals surface area contributed by atoms with Crippen LogP contribution in [-0.2, 0) is 7.05 Å². The van der Waals surface area contributed by atoms with E-state index < -0.39 is 0 Å². The van der Waals surface area contributed by atoms with E-state index in [1.165, 1.54) is 6.42 Å². The summed E-state index contributed by atoms with van der Waals surface area (Å²) in [6, 6.07) is 6.76. The summed E-state index contributed by atoms with van der Waals surface area (Å²) in [7, 11) is 3.88. The second-order valence-electron chi connectivity index (χ2n) is 7.82. The van der Waals surface area contributed by atoms with Gasteiger partial charge in [0.05, 0.1) is 30.0 Å². The van der Waals surface area contributed by atoms with Crippen LogP contribution in [0.5, 0.6) is 0 Å². The molecule has 0 amide bonds. The van der Waals surface area contributed by atoms with Gasteiger partial charge in [0.1, 0.15) is 23.0 Å². The van der Waals surface area contributed by atoms with Crippen LogP contribution in [-0.4, -0.2) is 55.5 Å². The first-order chi connectivity index (χ1) is 15.2. The van der Waals surface area contributed by atoms with Gasteiger partial charge in [-0.15, -0.1) is 24.8 Å². The van der Waals surface area contributed by atoms with E-state index in [4.69, 9.17) is 9.97 Å². The molecule has 0 radical (unpaired) electrons. The predicted molar refractivity (Wildman–Crippen MR) is 132 cm³/mol. The lowest BCUT2D eigenvalue weighted by atomic mass is 10.1. The second-order valence-corrected chi connectivity index (χ2v) is 7.82. The Bertz CT molecular complexity index is 1270. The van der Waals surface area contributed by atoms with Gasteiger partial charge in [0.2, 0.25) is 0 Å². The minimum absolute atomic E-state index is 0. The summed E-state index contributed by atoms with van der Waals surface area (Å²) in [6.07, 6.45) is 11.2. The summed E-state index contributed by atoms with van der Waals surface area (Å²) < 4.78 is 3.44. The Labute approximate surface area is 204 Å². The first kappa shape index (κ1) is 24.5. The highest BCUT2D eigenvalue weighted by atomic mass is 35.5. The number of likely N-dealkylation sites (N-methyl/N-ethyl adjacent to an activating group) is 1. The zero-order chi connectivity index (χ0) is 21.4. The van der Waals surface area contributed by atoms with Gasteiger partial charge in [0.15, 0.2) is 0 Å². The molecule has 1 fully saturated rings. The van der Waals surface area contributed by atoms with Gasteiger partial charge in [-0.25, -0.2) is 14.5 Å². The van der Waals surface area contributed by atoms with E-state index in [0.717, 1.165) is 42.1 Å². The summed E-state index contributed by atoms with van der Waals surface area (Å²) in [5.41, 5.74) is 4.31. The lowest BCUT2D eigenvalue weighted by molar-refractivity contribution is 0.447. The van der Waals surface area contributed by atoms with E-state index in [0.29, 0.717) is 22.8 Å². The molecule has 0 unspecified atom stereocenters. The molecule has 5 heterocycles. The number of pyridine rings is 1.